The molecule has 0 aromatic heterocycles. The molecule has 90 valence electrons. The van der Waals surface area contributed by atoms with Crippen LogP contribution in [-0.4, -0.2) is 44.1 Å². The minimum absolute atomic E-state index is 0.195. The first kappa shape index (κ1) is 12.8. The summed E-state index contributed by atoms with van der Waals surface area (Å²) in [6.45, 7) is 6.98. The van der Waals surface area contributed by atoms with Gasteiger partial charge in [0.2, 0.25) is 0 Å². The Kier molecular flexibility index (Phi) is 3.71. The minimum Gasteiger partial charge on any atom is -0.244 e. The summed E-state index contributed by atoms with van der Waals surface area (Å²) < 4.78 is 25.7. The van der Waals surface area contributed by atoms with Gasteiger partial charge in [-0.2, -0.15) is 5.43 Å². The van der Waals surface area contributed by atoms with Crippen molar-refractivity contribution in [2.75, 3.05) is 33.5 Å². The maximum absolute atomic E-state index is 12.7. The molecule has 15 heavy (non-hydrogen) atoms. The van der Waals surface area contributed by atoms with Crippen LogP contribution >= 0.6 is 0 Å². The van der Waals surface area contributed by atoms with Gasteiger partial charge < -0.3 is 0 Å². The van der Waals surface area contributed by atoms with Gasteiger partial charge in [0.15, 0.2) is 6.04 Å². The first-order chi connectivity index (χ1) is 6.83. The van der Waals surface area contributed by atoms with E-state index in [2.05, 4.69) is 26.2 Å². The Morgan fingerprint density at radius 1 is 1.33 bits per heavy atom. The number of quaternary nitrogens is 1. The molecule has 1 aliphatic rings. The average molecular weight is 221 g/mol. The number of nitrogens with one attached hydrogen (secondary N) is 1. The summed E-state index contributed by atoms with van der Waals surface area (Å²) in [5.74, 6) is 0.475. The lowest BCUT2D eigenvalue weighted by atomic mass is 9.81. The van der Waals surface area contributed by atoms with Gasteiger partial charge in [-0.3, -0.25) is 0 Å². The molecular weight excluding hydrogens is 198 g/mol. The fourth-order valence-corrected chi connectivity index (χ4v) is 2.11. The van der Waals surface area contributed by atoms with Gasteiger partial charge in [0, 0.05) is 5.92 Å². The maximum Gasteiger partial charge on any atom is 0.164 e. The SMILES string of the molecule is CC(C)(C)C1CN[N+](C)(C(CF)CF)C1. The van der Waals surface area contributed by atoms with Crippen LogP contribution in [0.1, 0.15) is 20.8 Å². The second-order valence-electron chi connectivity index (χ2n) is 5.84. The Hall–Kier alpha value is -0.220. The van der Waals surface area contributed by atoms with Gasteiger partial charge in [-0.15, -0.1) is 0 Å². The number of nitrogens with zero attached hydrogens (tertiary/aromatic N) is 1. The standard InChI is InChI=1S/C11H23F2N2/c1-11(2,3)9-7-14-15(4,8-9)10(5-12)6-13/h9-10,14H,5-8H2,1-4H3/q+1. The molecule has 1 saturated heterocycles. The highest BCUT2D eigenvalue weighted by molar-refractivity contribution is 4.79. The summed E-state index contributed by atoms with van der Waals surface area (Å²) in [6.07, 6.45) is 0. The number of hydrogen-bond donors (Lipinski definition) is 1. The molecule has 0 saturated carbocycles. The lowest BCUT2D eigenvalue weighted by molar-refractivity contribution is -0.963. The van der Waals surface area contributed by atoms with Crippen LogP contribution in [0.2, 0.25) is 0 Å². The quantitative estimate of drug-likeness (QED) is 0.718. The second-order valence-corrected chi connectivity index (χ2v) is 5.84. The first-order valence-electron chi connectivity index (χ1n) is 5.55. The second kappa shape index (κ2) is 4.34. The average Bonchev–Trinajstić information content (AvgIpc) is 2.50. The van der Waals surface area contributed by atoms with Crippen LogP contribution in [0.5, 0.6) is 0 Å². The molecule has 1 aliphatic heterocycles. The summed E-state index contributed by atoms with van der Waals surface area (Å²) in [6, 6.07) is -0.558. The molecule has 1 fully saturated rings. The largest absolute Gasteiger partial charge is 0.244 e. The molecule has 1 heterocycles. The molecule has 0 aliphatic carbocycles. The van der Waals surface area contributed by atoms with E-state index in [0.717, 1.165) is 13.1 Å². The van der Waals surface area contributed by atoms with Crippen molar-refractivity contribution in [3.05, 3.63) is 0 Å². The zero-order valence-corrected chi connectivity index (χ0v) is 10.2. The normalized spacial score (nSPS) is 32.6. The molecule has 4 heteroatoms. The molecular formula is C11H23F2N2+. The van der Waals surface area contributed by atoms with Crippen LogP contribution in [0.25, 0.3) is 0 Å². The molecule has 0 aromatic carbocycles. The molecule has 2 nitrogen and oxygen atoms in total. The Bertz CT molecular complexity index is 211. The van der Waals surface area contributed by atoms with Crippen molar-refractivity contribution < 1.29 is 13.4 Å². The third-order valence-electron chi connectivity index (χ3n) is 3.69. The maximum atomic E-state index is 12.7. The van der Waals surface area contributed by atoms with Gasteiger partial charge in [-0.1, -0.05) is 20.8 Å². The topological polar surface area (TPSA) is 12.0 Å². The smallest absolute Gasteiger partial charge is 0.164 e. The molecule has 2 unspecified atom stereocenters. The molecule has 0 radical (unpaired) electrons. The van der Waals surface area contributed by atoms with Crippen molar-refractivity contribution in [1.29, 1.82) is 0 Å². The van der Waals surface area contributed by atoms with Crippen molar-refractivity contribution >= 4 is 0 Å². The third-order valence-corrected chi connectivity index (χ3v) is 3.69. The van der Waals surface area contributed by atoms with Gasteiger partial charge in [0.05, 0.1) is 13.6 Å². The van der Waals surface area contributed by atoms with Crippen molar-refractivity contribution in [3.8, 4) is 0 Å². The predicted octanol–water partition coefficient (Wildman–Crippen LogP) is 1.92. The monoisotopic (exact) mass is 221 g/mol. The molecule has 0 bridgehead atoms. The van der Waals surface area contributed by atoms with Crippen LogP contribution in [0, 0.1) is 11.3 Å². The lowest BCUT2D eigenvalue weighted by Crippen LogP contribution is -2.59. The summed E-state index contributed by atoms with van der Waals surface area (Å²) in [4.78, 5) is 0. The van der Waals surface area contributed by atoms with Crippen LogP contribution in [0.15, 0.2) is 0 Å². The van der Waals surface area contributed by atoms with Crippen LogP contribution in [0.3, 0.4) is 0 Å². The molecule has 0 spiro atoms. The van der Waals surface area contributed by atoms with Gasteiger partial charge in [0.1, 0.15) is 19.9 Å². The van der Waals surface area contributed by atoms with E-state index < -0.39 is 19.4 Å². The Morgan fingerprint density at radius 3 is 2.20 bits per heavy atom. The number of alkyl halides is 2. The lowest BCUT2D eigenvalue weighted by Gasteiger charge is -2.35. The van der Waals surface area contributed by atoms with E-state index in [-0.39, 0.29) is 5.41 Å². The molecule has 1 N–H and O–H groups in total. The molecule has 0 aromatic rings. The Balaban J connectivity index is 2.68. The zero-order valence-electron chi connectivity index (χ0n) is 10.2. The minimum atomic E-state index is -0.600. The van der Waals surface area contributed by atoms with E-state index in [1.54, 1.807) is 0 Å². The van der Waals surface area contributed by atoms with Gasteiger partial charge in [-0.25, -0.2) is 13.4 Å². The fourth-order valence-electron chi connectivity index (χ4n) is 2.11. The summed E-state index contributed by atoms with van der Waals surface area (Å²) in [7, 11) is 1.88. The van der Waals surface area contributed by atoms with Crippen LogP contribution in [-0.2, 0) is 0 Å². The summed E-state index contributed by atoms with van der Waals surface area (Å²) in [5, 5.41) is 0. The highest BCUT2D eigenvalue weighted by atomic mass is 19.1. The zero-order chi connectivity index (χ0) is 11.7. The van der Waals surface area contributed by atoms with Gasteiger partial charge in [-0.05, 0) is 5.41 Å². The number of hydrogen-bond acceptors (Lipinski definition) is 1. The van der Waals surface area contributed by atoms with E-state index in [1.165, 1.54) is 0 Å². The fraction of sp³-hybridized carbons (Fsp3) is 1.00. The summed E-state index contributed by atoms with van der Waals surface area (Å²) in [5.41, 5.74) is 3.44. The van der Waals surface area contributed by atoms with Crippen molar-refractivity contribution in [3.63, 3.8) is 0 Å². The van der Waals surface area contributed by atoms with E-state index in [1.807, 2.05) is 7.05 Å². The number of rotatable bonds is 3. The molecule has 1 rings (SSSR count). The van der Waals surface area contributed by atoms with E-state index in [9.17, 15) is 8.78 Å². The van der Waals surface area contributed by atoms with E-state index in [0.29, 0.717) is 10.5 Å². The van der Waals surface area contributed by atoms with Crippen LogP contribution in [0.4, 0.5) is 8.78 Å². The predicted molar refractivity (Wildman–Crippen MR) is 57.7 cm³/mol. The van der Waals surface area contributed by atoms with E-state index in [4.69, 9.17) is 0 Å². The van der Waals surface area contributed by atoms with Gasteiger partial charge >= 0.3 is 0 Å². The van der Waals surface area contributed by atoms with Crippen molar-refractivity contribution in [1.82, 2.24) is 5.43 Å². The first-order valence-corrected chi connectivity index (χ1v) is 5.55. The Labute approximate surface area is 91.2 Å². The molecule has 2 atom stereocenters. The van der Waals surface area contributed by atoms with Crippen molar-refractivity contribution in [2.24, 2.45) is 11.3 Å². The van der Waals surface area contributed by atoms with Crippen molar-refractivity contribution in [2.45, 2.75) is 26.8 Å². The Morgan fingerprint density at radius 2 is 1.87 bits per heavy atom. The summed E-state index contributed by atoms with van der Waals surface area (Å²) >= 11 is 0. The van der Waals surface area contributed by atoms with Gasteiger partial charge in [0.25, 0.3) is 0 Å². The molecule has 0 amide bonds. The van der Waals surface area contributed by atoms with Crippen LogP contribution < -0.4 is 5.43 Å². The van der Waals surface area contributed by atoms with E-state index >= 15 is 0 Å². The highest BCUT2D eigenvalue weighted by Gasteiger charge is 2.45. The third kappa shape index (κ3) is 2.67. The highest BCUT2D eigenvalue weighted by Crippen LogP contribution is 2.32. The number of halogens is 2.